The monoisotopic (exact) mass is 302 g/mol. The van der Waals surface area contributed by atoms with Gasteiger partial charge in [-0.3, -0.25) is 4.40 Å². The van der Waals surface area contributed by atoms with Crippen LogP contribution in [0.1, 0.15) is 28.7 Å². The van der Waals surface area contributed by atoms with E-state index in [9.17, 15) is 23.1 Å². The molecule has 0 aliphatic rings. The number of aryl methyl sites for hydroxylation is 1. The fraction of sp³-hybridized carbons (Fsp3) is 0.385. The molecule has 2 heterocycles. The van der Waals surface area contributed by atoms with Gasteiger partial charge in [-0.15, -0.1) is 0 Å². The van der Waals surface area contributed by atoms with E-state index in [1.807, 2.05) is 0 Å². The molecule has 0 amide bonds. The number of nitrogens with zero attached hydrogens (tertiary/aromatic N) is 2. The smallest absolute Gasteiger partial charge is 0.411 e. The standard InChI is InChI=1S/C13H13F3N2O3/c1-2-9-11(12(19)20)18-5-8(3-4-10(18)17-9)6-21-7-13(14,15)16/h3-5H,2,6-7H2,1H3,(H,19,20). The van der Waals surface area contributed by atoms with Crippen LogP contribution in [0.3, 0.4) is 0 Å². The first kappa shape index (κ1) is 15.3. The highest BCUT2D eigenvalue weighted by molar-refractivity contribution is 5.88. The van der Waals surface area contributed by atoms with Crippen molar-refractivity contribution in [1.29, 1.82) is 0 Å². The van der Waals surface area contributed by atoms with E-state index in [1.165, 1.54) is 10.6 Å². The van der Waals surface area contributed by atoms with Gasteiger partial charge in [-0.05, 0) is 18.1 Å². The van der Waals surface area contributed by atoms with Crippen molar-refractivity contribution in [3.8, 4) is 0 Å². The molecule has 5 nitrogen and oxygen atoms in total. The Hall–Kier alpha value is -2.09. The van der Waals surface area contributed by atoms with Crippen LogP contribution in [-0.2, 0) is 17.8 Å². The van der Waals surface area contributed by atoms with Gasteiger partial charge in [-0.1, -0.05) is 13.0 Å². The van der Waals surface area contributed by atoms with Crippen LogP contribution in [0.25, 0.3) is 5.65 Å². The Morgan fingerprint density at radius 1 is 1.43 bits per heavy atom. The fourth-order valence-corrected chi connectivity index (χ4v) is 1.98. The number of ether oxygens (including phenoxy) is 1. The highest BCUT2D eigenvalue weighted by atomic mass is 19.4. The lowest BCUT2D eigenvalue weighted by atomic mass is 10.2. The molecule has 0 unspecified atom stereocenters. The summed E-state index contributed by atoms with van der Waals surface area (Å²) in [6.07, 6.45) is -2.51. The third-order valence-corrected chi connectivity index (χ3v) is 2.82. The summed E-state index contributed by atoms with van der Waals surface area (Å²) in [7, 11) is 0. The van der Waals surface area contributed by atoms with Gasteiger partial charge in [0.25, 0.3) is 0 Å². The number of halogens is 3. The number of hydrogen-bond acceptors (Lipinski definition) is 3. The van der Waals surface area contributed by atoms with Gasteiger partial charge in [-0.25, -0.2) is 9.78 Å². The molecule has 0 aliphatic heterocycles. The zero-order chi connectivity index (χ0) is 15.6. The van der Waals surface area contributed by atoms with Gasteiger partial charge in [0.1, 0.15) is 12.3 Å². The molecule has 0 aromatic carbocycles. The number of hydrogen-bond donors (Lipinski definition) is 1. The van der Waals surface area contributed by atoms with E-state index < -0.39 is 18.8 Å². The molecule has 0 radical (unpaired) electrons. The largest absolute Gasteiger partial charge is 0.477 e. The Morgan fingerprint density at radius 2 is 2.14 bits per heavy atom. The number of aromatic carboxylic acids is 1. The molecule has 2 rings (SSSR count). The van der Waals surface area contributed by atoms with E-state index in [1.54, 1.807) is 19.1 Å². The molecule has 114 valence electrons. The van der Waals surface area contributed by atoms with E-state index in [4.69, 9.17) is 0 Å². The van der Waals surface area contributed by atoms with Crippen molar-refractivity contribution in [1.82, 2.24) is 9.38 Å². The van der Waals surface area contributed by atoms with Gasteiger partial charge >= 0.3 is 12.1 Å². The molecule has 0 atom stereocenters. The topological polar surface area (TPSA) is 63.8 Å². The van der Waals surface area contributed by atoms with Gasteiger partial charge in [0.2, 0.25) is 0 Å². The van der Waals surface area contributed by atoms with Crippen LogP contribution >= 0.6 is 0 Å². The normalized spacial score (nSPS) is 12.0. The third-order valence-electron chi connectivity index (χ3n) is 2.82. The van der Waals surface area contributed by atoms with Crippen LogP contribution in [-0.4, -0.2) is 33.2 Å². The second-order valence-corrected chi connectivity index (χ2v) is 4.44. The van der Waals surface area contributed by atoms with Crippen molar-refractivity contribution < 1.29 is 27.8 Å². The lowest BCUT2D eigenvalue weighted by molar-refractivity contribution is -0.176. The maximum atomic E-state index is 12.0. The summed E-state index contributed by atoms with van der Waals surface area (Å²) in [6.45, 7) is 0.177. The molecule has 2 aromatic rings. The first-order valence-electron chi connectivity index (χ1n) is 6.19. The minimum absolute atomic E-state index is 0.0187. The van der Waals surface area contributed by atoms with Gasteiger partial charge in [0.15, 0.2) is 5.69 Å². The number of aromatic nitrogens is 2. The van der Waals surface area contributed by atoms with Crippen molar-refractivity contribution in [2.75, 3.05) is 6.61 Å². The molecule has 21 heavy (non-hydrogen) atoms. The van der Waals surface area contributed by atoms with Crippen molar-refractivity contribution >= 4 is 11.6 Å². The molecule has 2 aromatic heterocycles. The number of rotatable bonds is 5. The van der Waals surface area contributed by atoms with Crippen LogP contribution in [0, 0.1) is 0 Å². The molecule has 0 aliphatic carbocycles. The summed E-state index contributed by atoms with van der Waals surface area (Å²) in [5.74, 6) is -1.13. The second-order valence-electron chi connectivity index (χ2n) is 4.44. The predicted molar refractivity (Wildman–Crippen MR) is 67.2 cm³/mol. The summed E-state index contributed by atoms with van der Waals surface area (Å²) in [6, 6.07) is 3.11. The Balaban J connectivity index is 2.28. The SMILES string of the molecule is CCc1nc2ccc(COCC(F)(F)F)cn2c1C(=O)O. The van der Waals surface area contributed by atoms with E-state index in [-0.39, 0.29) is 12.3 Å². The van der Waals surface area contributed by atoms with Gasteiger partial charge < -0.3 is 9.84 Å². The molecule has 0 fully saturated rings. The van der Waals surface area contributed by atoms with E-state index in [0.29, 0.717) is 23.3 Å². The number of alkyl halides is 3. The van der Waals surface area contributed by atoms with Crippen LogP contribution in [0.5, 0.6) is 0 Å². The average Bonchev–Trinajstić information content (AvgIpc) is 2.75. The Kier molecular flexibility index (Phi) is 4.17. The van der Waals surface area contributed by atoms with E-state index >= 15 is 0 Å². The quantitative estimate of drug-likeness (QED) is 0.922. The van der Waals surface area contributed by atoms with Gasteiger partial charge in [-0.2, -0.15) is 13.2 Å². The van der Waals surface area contributed by atoms with Crippen molar-refractivity contribution in [3.05, 3.63) is 35.3 Å². The minimum Gasteiger partial charge on any atom is -0.477 e. The van der Waals surface area contributed by atoms with E-state index in [2.05, 4.69) is 9.72 Å². The van der Waals surface area contributed by atoms with Crippen molar-refractivity contribution in [3.63, 3.8) is 0 Å². The summed E-state index contributed by atoms with van der Waals surface area (Å²) in [5, 5.41) is 9.22. The minimum atomic E-state index is -4.39. The van der Waals surface area contributed by atoms with Crippen molar-refractivity contribution in [2.24, 2.45) is 0 Å². The zero-order valence-corrected chi connectivity index (χ0v) is 11.1. The van der Waals surface area contributed by atoms with Crippen molar-refractivity contribution in [2.45, 2.75) is 26.1 Å². The lowest BCUT2D eigenvalue weighted by Crippen LogP contribution is -2.16. The number of carboxylic acids is 1. The molecule has 1 N–H and O–H groups in total. The molecule has 8 heteroatoms. The molecule has 0 saturated carbocycles. The molecular formula is C13H13F3N2O3. The first-order valence-corrected chi connectivity index (χ1v) is 6.19. The maximum absolute atomic E-state index is 12.0. The fourth-order valence-electron chi connectivity index (χ4n) is 1.98. The lowest BCUT2D eigenvalue weighted by Gasteiger charge is -2.08. The summed E-state index contributed by atoms with van der Waals surface area (Å²) in [4.78, 5) is 15.4. The van der Waals surface area contributed by atoms with E-state index in [0.717, 1.165) is 0 Å². The number of imidazole rings is 1. The Morgan fingerprint density at radius 3 is 2.71 bits per heavy atom. The summed E-state index contributed by atoms with van der Waals surface area (Å²) in [5.41, 5.74) is 1.32. The first-order chi connectivity index (χ1) is 9.81. The highest BCUT2D eigenvalue weighted by Crippen LogP contribution is 2.18. The number of carbonyl (C=O) groups is 1. The van der Waals surface area contributed by atoms with Crippen LogP contribution in [0.2, 0.25) is 0 Å². The Bertz CT molecular complexity index is 664. The molecule has 0 spiro atoms. The second kappa shape index (κ2) is 5.72. The summed E-state index contributed by atoms with van der Waals surface area (Å²) < 4.78 is 42.0. The average molecular weight is 302 g/mol. The molecule has 0 bridgehead atoms. The maximum Gasteiger partial charge on any atom is 0.411 e. The van der Waals surface area contributed by atoms with Crippen LogP contribution < -0.4 is 0 Å². The van der Waals surface area contributed by atoms with Gasteiger partial charge in [0.05, 0.1) is 12.3 Å². The van der Waals surface area contributed by atoms with Crippen LogP contribution in [0.4, 0.5) is 13.2 Å². The summed E-state index contributed by atoms with van der Waals surface area (Å²) >= 11 is 0. The highest BCUT2D eigenvalue weighted by Gasteiger charge is 2.27. The molecule has 0 saturated heterocycles. The number of fused-ring (bicyclic) bond motifs is 1. The zero-order valence-electron chi connectivity index (χ0n) is 11.1. The van der Waals surface area contributed by atoms with Gasteiger partial charge in [0, 0.05) is 6.20 Å². The number of pyridine rings is 1. The Labute approximate surface area is 118 Å². The predicted octanol–water partition coefficient (Wildman–Crippen LogP) is 2.67. The third kappa shape index (κ3) is 3.52. The van der Waals surface area contributed by atoms with Crippen LogP contribution in [0.15, 0.2) is 18.3 Å². The number of carboxylic acid groups (broad SMARTS) is 1. The molecular weight excluding hydrogens is 289 g/mol.